The lowest BCUT2D eigenvalue weighted by molar-refractivity contribution is -0.0384. The number of aromatic nitrogens is 4. The van der Waals surface area contributed by atoms with Gasteiger partial charge in [0.15, 0.2) is 6.23 Å². The third kappa shape index (κ3) is 5.31. The van der Waals surface area contributed by atoms with Crippen molar-refractivity contribution in [1.82, 2.24) is 19.7 Å². The topological polar surface area (TPSA) is 88.4 Å². The minimum Gasteiger partial charge on any atom is -0.479 e. The van der Waals surface area contributed by atoms with Crippen LogP contribution in [0.1, 0.15) is 48.6 Å². The average molecular weight is 432 g/mol. The van der Waals surface area contributed by atoms with Gasteiger partial charge in [-0.3, -0.25) is 4.98 Å². The molecule has 0 bridgehead atoms. The second-order valence-corrected chi connectivity index (χ2v) is 7.08. The summed E-state index contributed by atoms with van der Waals surface area (Å²) >= 11 is 0. The first-order valence-corrected chi connectivity index (χ1v) is 10.6. The maximum Gasteiger partial charge on any atom is 0.356 e. The molecule has 4 rings (SSSR count). The SMILES string of the molecule is CCOC(=O)c1cccc(C#CCOc2ccc(-c3ccnn3C3CCCCO3)nc2)n1. The number of esters is 1. The first-order valence-electron chi connectivity index (χ1n) is 10.6. The second kappa shape index (κ2) is 10.6. The molecule has 0 aromatic carbocycles. The molecule has 0 radical (unpaired) electrons. The fourth-order valence-electron chi connectivity index (χ4n) is 3.35. The smallest absolute Gasteiger partial charge is 0.356 e. The number of hydrogen-bond donors (Lipinski definition) is 0. The molecule has 1 saturated heterocycles. The summed E-state index contributed by atoms with van der Waals surface area (Å²) in [6.45, 7) is 2.97. The van der Waals surface area contributed by atoms with E-state index in [1.165, 1.54) is 0 Å². The summed E-state index contributed by atoms with van der Waals surface area (Å²) in [5, 5.41) is 4.42. The van der Waals surface area contributed by atoms with Crippen LogP contribution in [0.4, 0.5) is 0 Å². The molecule has 1 aliphatic heterocycles. The van der Waals surface area contributed by atoms with Gasteiger partial charge in [-0.2, -0.15) is 5.10 Å². The van der Waals surface area contributed by atoms with E-state index in [9.17, 15) is 4.79 Å². The quantitative estimate of drug-likeness (QED) is 0.434. The molecule has 1 fully saturated rings. The number of nitrogens with zero attached hydrogens (tertiary/aromatic N) is 4. The fraction of sp³-hybridized carbons (Fsp3) is 0.333. The third-order valence-electron chi connectivity index (χ3n) is 4.86. The van der Waals surface area contributed by atoms with E-state index in [2.05, 4.69) is 26.9 Å². The van der Waals surface area contributed by atoms with E-state index in [4.69, 9.17) is 14.2 Å². The van der Waals surface area contributed by atoms with Crippen molar-refractivity contribution in [2.24, 2.45) is 0 Å². The van der Waals surface area contributed by atoms with Gasteiger partial charge in [-0.1, -0.05) is 12.0 Å². The molecule has 3 aromatic rings. The minimum atomic E-state index is -0.463. The Morgan fingerprint density at radius 1 is 1.25 bits per heavy atom. The highest BCUT2D eigenvalue weighted by atomic mass is 16.5. The molecule has 1 unspecified atom stereocenters. The number of ether oxygens (including phenoxy) is 3. The molecule has 1 atom stereocenters. The summed E-state index contributed by atoms with van der Waals surface area (Å²) in [4.78, 5) is 20.5. The molecule has 0 amide bonds. The molecule has 0 aliphatic carbocycles. The summed E-state index contributed by atoms with van der Waals surface area (Å²) in [6, 6.07) is 10.7. The van der Waals surface area contributed by atoms with Crippen molar-refractivity contribution in [3.05, 3.63) is 60.2 Å². The Balaban J connectivity index is 1.36. The molecule has 8 heteroatoms. The van der Waals surface area contributed by atoms with Crippen molar-refractivity contribution in [1.29, 1.82) is 0 Å². The van der Waals surface area contributed by atoms with Gasteiger partial charge in [0.2, 0.25) is 0 Å². The van der Waals surface area contributed by atoms with E-state index in [-0.39, 0.29) is 18.5 Å². The van der Waals surface area contributed by atoms with Crippen LogP contribution in [-0.2, 0) is 9.47 Å². The van der Waals surface area contributed by atoms with E-state index in [0.29, 0.717) is 18.1 Å². The van der Waals surface area contributed by atoms with Gasteiger partial charge in [-0.15, -0.1) is 0 Å². The molecule has 0 saturated carbocycles. The Bertz CT molecular complexity index is 1110. The van der Waals surface area contributed by atoms with E-state index >= 15 is 0 Å². The highest BCUT2D eigenvalue weighted by Gasteiger charge is 2.20. The Morgan fingerprint density at radius 3 is 2.97 bits per heavy atom. The molecule has 4 heterocycles. The van der Waals surface area contributed by atoms with Crippen LogP contribution >= 0.6 is 0 Å². The van der Waals surface area contributed by atoms with E-state index in [1.54, 1.807) is 37.5 Å². The lowest BCUT2D eigenvalue weighted by Gasteiger charge is -2.24. The summed E-state index contributed by atoms with van der Waals surface area (Å²) < 4.78 is 18.3. The molecule has 3 aromatic heterocycles. The lowest BCUT2D eigenvalue weighted by Crippen LogP contribution is -2.20. The highest BCUT2D eigenvalue weighted by molar-refractivity contribution is 5.87. The normalized spacial score (nSPS) is 15.5. The number of hydrogen-bond acceptors (Lipinski definition) is 7. The molecule has 0 N–H and O–H groups in total. The van der Waals surface area contributed by atoms with E-state index in [0.717, 1.165) is 37.3 Å². The predicted octanol–water partition coefficient (Wildman–Crippen LogP) is 3.65. The average Bonchev–Trinajstić information content (AvgIpc) is 3.33. The molecule has 1 aliphatic rings. The van der Waals surface area contributed by atoms with Gasteiger partial charge in [0, 0.05) is 12.8 Å². The summed E-state index contributed by atoms with van der Waals surface area (Å²) in [7, 11) is 0. The lowest BCUT2D eigenvalue weighted by atomic mass is 10.2. The van der Waals surface area contributed by atoms with Crippen LogP contribution in [-0.4, -0.2) is 45.5 Å². The van der Waals surface area contributed by atoms with Crippen molar-refractivity contribution in [3.63, 3.8) is 0 Å². The van der Waals surface area contributed by atoms with Gasteiger partial charge in [-0.25, -0.2) is 14.5 Å². The van der Waals surface area contributed by atoms with Crippen LogP contribution in [0.5, 0.6) is 5.75 Å². The molecule has 32 heavy (non-hydrogen) atoms. The van der Waals surface area contributed by atoms with Crippen molar-refractivity contribution < 1.29 is 19.0 Å². The van der Waals surface area contributed by atoms with Crippen LogP contribution in [0.25, 0.3) is 11.4 Å². The summed E-state index contributed by atoms with van der Waals surface area (Å²) in [5.74, 6) is 5.93. The van der Waals surface area contributed by atoms with E-state index in [1.807, 2.05) is 22.9 Å². The highest BCUT2D eigenvalue weighted by Crippen LogP contribution is 2.27. The maximum absolute atomic E-state index is 11.8. The van der Waals surface area contributed by atoms with Crippen LogP contribution in [0.3, 0.4) is 0 Å². The van der Waals surface area contributed by atoms with Crippen molar-refractivity contribution in [3.8, 4) is 29.0 Å². The Morgan fingerprint density at radius 2 is 2.19 bits per heavy atom. The molecular formula is C24H24N4O4. The number of rotatable bonds is 6. The van der Waals surface area contributed by atoms with Gasteiger partial charge in [-0.05, 0) is 62.4 Å². The molecular weight excluding hydrogens is 408 g/mol. The standard InChI is InChI=1S/C24H24N4O4/c1-2-30-24(29)21-9-5-7-18(27-21)8-6-16-31-19-11-12-20(25-17-19)22-13-14-26-28(22)23-10-3-4-15-32-23/h5,7,9,11-14,17,23H,2-4,10,15-16H2,1H3. The molecule has 0 spiro atoms. The third-order valence-corrected chi connectivity index (χ3v) is 4.86. The fourth-order valence-corrected chi connectivity index (χ4v) is 3.35. The van der Waals surface area contributed by atoms with Crippen molar-refractivity contribution in [2.45, 2.75) is 32.4 Å². The predicted molar refractivity (Wildman–Crippen MR) is 117 cm³/mol. The number of carbonyl (C=O) groups is 1. The first kappa shape index (κ1) is 21.5. The first-order chi connectivity index (χ1) is 15.7. The van der Waals surface area contributed by atoms with Gasteiger partial charge < -0.3 is 14.2 Å². The van der Waals surface area contributed by atoms with Crippen molar-refractivity contribution in [2.75, 3.05) is 19.8 Å². The Labute approximate surface area is 186 Å². The maximum atomic E-state index is 11.8. The zero-order valence-electron chi connectivity index (χ0n) is 17.9. The number of pyridine rings is 2. The van der Waals surface area contributed by atoms with Crippen LogP contribution in [0.2, 0.25) is 0 Å². The van der Waals surface area contributed by atoms with Gasteiger partial charge in [0.25, 0.3) is 0 Å². The zero-order chi connectivity index (χ0) is 22.2. The second-order valence-electron chi connectivity index (χ2n) is 7.08. The van der Waals surface area contributed by atoms with E-state index < -0.39 is 5.97 Å². The van der Waals surface area contributed by atoms with Gasteiger partial charge in [0.05, 0.1) is 24.2 Å². The minimum absolute atomic E-state index is 0.0438. The molecule has 8 nitrogen and oxygen atoms in total. The van der Waals surface area contributed by atoms with Crippen LogP contribution in [0, 0.1) is 11.8 Å². The zero-order valence-corrected chi connectivity index (χ0v) is 17.9. The number of carbonyl (C=O) groups excluding carboxylic acids is 1. The largest absolute Gasteiger partial charge is 0.479 e. The molecule has 164 valence electrons. The van der Waals surface area contributed by atoms with Crippen LogP contribution < -0.4 is 4.74 Å². The van der Waals surface area contributed by atoms with Gasteiger partial charge >= 0.3 is 5.97 Å². The van der Waals surface area contributed by atoms with Gasteiger partial charge in [0.1, 0.15) is 23.7 Å². The monoisotopic (exact) mass is 432 g/mol. The van der Waals surface area contributed by atoms with Crippen molar-refractivity contribution >= 4 is 5.97 Å². The summed E-state index contributed by atoms with van der Waals surface area (Å²) in [6.07, 6.45) is 6.56. The Hall–Kier alpha value is -3.70. The Kier molecular flexibility index (Phi) is 7.10. The summed E-state index contributed by atoms with van der Waals surface area (Å²) in [5.41, 5.74) is 2.42. The van der Waals surface area contributed by atoms with Crippen LogP contribution in [0.15, 0.2) is 48.8 Å².